The standard InChI is InChI=1S/C58H81N17O21/c1-29(68-54(93)40(21-32-8-14-35(81)15-9-32)72-50(89)36(59)19-30-4-10-33(79)11-5-30)49(88)74-42(27-77)56(95)70-37(3-2-18-63-58(61)62)53(92)75-43(28-78)57(96)71-38(16-17-44(60)82)51(90)66-23-46(84)64-22-45(83)65-24-47(85)69-41(26-76)55(94)73-39(52(91)67-25-48(86)87)20-31-6-12-34(80)13-7-31/h4-15,29,36-43,76-81H,2-3,16-28,59H2,1H3,(H2,60,82)(H,64,84)(H,65,83)(H,66,90)(H,67,91)(H,68,93)(H,69,85)(H,70,95)(H,71,96)(H,72,89)(H,73,94)(H,74,88)(H,75,92)(H,86,87)(H4,61,62,63)/t29-,36-,37-,38-,39-,40-,41-,42-,43-/m0/s1. The van der Waals surface area contributed by atoms with Crippen molar-refractivity contribution >= 4 is 88.7 Å². The van der Waals surface area contributed by atoms with Crippen molar-refractivity contribution in [3.8, 4) is 17.2 Å². The van der Waals surface area contributed by atoms with E-state index >= 15 is 0 Å². The number of aromatic hydroxyl groups is 3. The molecule has 0 aliphatic rings. The molecule has 524 valence electrons. The number of phenolic OH excluding ortho intramolecular Hbond substituents is 3. The fraction of sp³-hybridized carbons (Fsp3) is 0.431. The van der Waals surface area contributed by atoms with Crippen LogP contribution in [0, 0.1) is 0 Å². The van der Waals surface area contributed by atoms with Gasteiger partial charge in [0.2, 0.25) is 76.8 Å². The number of carbonyl (C=O) groups excluding carboxylic acids is 13. The Morgan fingerprint density at radius 3 is 1.22 bits per heavy atom. The van der Waals surface area contributed by atoms with Gasteiger partial charge >= 0.3 is 5.97 Å². The minimum absolute atomic E-state index is 0.00394. The van der Waals surface area contributed by atoms with Gasteiger partial charge in [0.1, 0.15) is 72.1 Å². The number of aliphatic imine (C=N–C) groups is 1. The lowest BCUT2D eigenvalue weighted by molar-refractivity contribution is -0.138. The highest BCUT2D eigenvalue weighted by Crippen LogP contribution is 2.15. The number of primary amides is 1. The zero-order valence-electron chi connectivity index (χ0n) is 51.8. The summed E-state index contributed by atoms with van der Waals surface area (Å²) in [6.07, 6.45) is -1.77. The molecular formula is C58H81N17O21. The van der Waals surface area contributed by atoms with Crippen LogP contribution >= 0.6 is 0 Å². The third kappa shape index (κ3) is 29.6. The lowest BCUT2D eigenvalue weighted by Crippen LogP contribution is -2.60. The Hall–Kier alpha value is -11.3. The first-order valence-electron chi connectivity index (χ1n) is 29.4. The van der Waals surface area contributed by atoms with Gasteiger partial charge in [-0.3, -0.25) is 72.1 Å². The van der Waals surface area contributed by atoms with Crippen LogP contribution in [0.15, 0.2) is 77.8 Å². The first kappa shape index (κ1) is 79.0. The smallest absolute Gasteiger partial charge is 0.322 e. The summed E-state index contributed by atoms with van der Waals surface area (Å²) in [5, 5.41) is 95.3. The molecule has 38 heteroatoms. The van der Waals surface area contributed by atoms with Gasteiger partial charge in [-0.05, 0) is 85.7 Å². The number of benzene rings is 3. The highest BCUT2D eigenvalue weighted by atomic mass is 16.4. The highest BCUT2D eigenvalue weighted by molar-refractivity contribution is 5.99. The molecule has 0 aliphatic heterocycles. The number of rotatable bonds is 41. The Morgan fingerprint density at radius 2 is 0.760 bits per heavy atom. The normalized spacial score (nSPS) is 13.6. The number of guanidine groups is 1. The fourth-order valence-electron chi connectivity index (χ4n) is 8.39. The lowest BCUT2D eigenvalue weighted by Gasteiger charge is -2.26. The van der Waals surface area contributed by atoms with E-state index in [4.69, 9.17) is 28.0 Å². The largest absolute Gasteiger partial charge is 0.508 e. The monoisotopic (exact) mass is 1350 g/mol. The van der Waals surface area contributed by atoms with E-state index in [9.17, 15) is 97.8 Å². The summed E-state index contributed by atoms with van der Waals surface area (Å²) < 4.78 is 0. The maximum atomic E-state index is 13.8. The minimum atomic E-state index is -1.91. The number of hydrogen-bond donors (Lipinski definition) is 23. The zero-order chi connectivity index (χ0) is 71.6. The molecule has 38 nitrogen and oxygen atoms in total. The van der Waals surface area contributed by atoms with Gasteiger partial charge in [-0.15, -0.1) is 0 Å². The molecule has 27 N–H and O–H groups in total. The molecule has 3 aromatic carbocycles. The summed E-state index contributed by atoms with van der Waals surface area (Å²) in [5.41, 5.74) is 23.7. The minimum Gasteiger partial charge on any atom is -0.508 e. The molecule has 9 atom stereocenters. The Bertz CT molecular complexity index is 3230. The van der Waals surface area contributed by atoms with Crippen molar-refractivity contribution in [1.29, 1.82) is 0 Å². The number of carboxylic acids is 1. The Balaban J connectivity index is 1.62. The topological polar surface area (TPSA) is 641 Å². The first-order chi connectivity index (χ1) is 45.4. The molecule has 0 heterocycles. The van der Waals surface area contributed by atoms with E-state index in [1.54, 1.807) is 12.1 Å². The second-order valence-electron chi connectivity index (χ2n) is 21.3. The Morgan fingerprint density at radius 1 is 0.406 bits per heavy atom. The number of aliphatic hydroxyl groups excluding tert-OH is 3. The second-order valence-corrected chi connectivity index (χ2v) is 21.3. The molecule has 0 saturated heterocycles. The van der Waals surface area contributed by atoms with Crippen LogP contribution in [0.4, 0.5) is 0 Å². The van der Waals surface area contributed by atoms with Gasteiger partial charge in [0.05, 0.1) is 45.5 Å². The van der Waals surface area contributed by atoms with Crippen LogP contribution in [-0.2, 0) is 86.4 Å². The van der Waals surface area contributed by atoms with Crippen LogP contribution in [0.2, 0.25) is 0 Å². The predicted molar refractivity (Wildman–Crippen MR) is 334 cm³/mol. The summed E-state index contributed by atoms with van der Waals surface area (Å²) >= 11 is 0. The summed E-state index contributed by atoms with van der Waals surface area (Å²) in [5.74, 6) is -15.4. The fourth-order valence-corrected chi connectivity index (χ4v) is 8.39. The molecular weight excluding hydrogens is 1270 g/mol. The first-order valence-corrected chi connectivity index (χ1v) is 29.4. The van der Waals surface area contributed by atoms with Gasteiger partial charge in [-0.1, -0.05) is 36.4 Å². The van der Waals surface area contributed by atoms with Crippen LogP contribution in [0.5, 0.6) is 17.2 Å². The average molecular weight is 1350 g/mol. The van der Waals surface area contributed by atoms with Gasteiger partial charge in [-0.25, -0.2) is 0 Å². The molecule has 0 radical (unpaired) electrons. The van der Waals surface area contributed by atoms with E-state index in [0.717, 1.165) is 0 Å². The number of carboxylic acid groups (broad SMARTS) is 1. The molecule has 0 aliphatic carbocycles. The number of aliphatic carboxylic acids is 1. The van der Waals surface area contributed by atoms with E-state index in [1.165, 1.54) is 67.6 Å². The number of hydrogen-bond acceptors (Lipinski definition) is 22. The average Bonchev–Trinajstić information content (AvgIpc) is 0.971. The molecule has 3 aromatic rings. The van der Waals surface area contributed by atoms with Crippen LogP contribution in [0.3, 0.4) is 0 Å². The Kier molecular flexibility index (Phi) is 33.5. The van der Waals surface area contributed by atoms with Crippen LogP contribution in [0.1, 0.15) is 49.3 Å². The van der Waals surface area contributed by atoms with Gasteiger partial charge < -0.3 is 122 Å². The molecule has 0 fully saturated rings. The number of nitrogens with zero attached hydrogens (tertiary/aromatic N) is 1. The van der Waals surface area contributed by atoms with Crippen LogP contribution < -0.4 is 86.7 Å². The van der Waals surface area contributed by atoms with Crippen molar-refractivity contribution in [2.75, 3.05) is 52.5 Å². The van der Waals surface area contributed by atoms with Crippen molar-refractivity contribution < 1.29 is 103 Å². The van der Waals surface area contributed by atoms with Crippen molar-refractivity contribution in [2.24, 2.45) is 27.9 Å². The van der Waals surface area contributed by atoms with Gasteiger partial charge in [0, 0.05) is 25.8 Å². The molecule has 96 heavy (non-hydrogen) atoms. The molecule has 3 rings (SSSR count). The number of carbonyl (C=O) groups is 14. The summed E-state index contributed by atoms with van der Waals surface area (Å²) in [4.78, 5) is 185. The van der Waals surface area contributed by atoms with E-state index in [1.807, 2.05) is 0 Å². The van der Waals surface area contributed by atoms with Crippen LogP contribution in [0.25, 0.3) is 0 Å². The van der Waals surface area contributed by atoms with E-state index in [2.05, 4.69) is 68.8 Å². The predicted octanol–water partition coefficient (Wildman–Crippen LogP) is -10.1. The van der Waals surface area contributed by atoms with E-state index in [-0.39, 0.29) is 61.9 Å². The quantitative estimate of drug-likeness (QED) is 0.0142. The maximum Gasteiger partial charge on any atom is 0.322 e. The number of aliphatic hydroxyl groups is 3. The van der Waals surface area contributed by atoms with Crippen molar-refractivity contribution in [3.63, 3.8) is 0 Å². The van der Waals surface area contributed by atoms with Gasteiger partial charge in [-0.2, -0.15) is 0 Å². The van der Waals surface area contributed by atoms with E-state index < -0.39 is 196 Å². The number of phenols is 3. The van der Waals surface area contributed by atoms with Crippen molar-refractivity contribution in [3.05, 3.63) is 89.5 Å². The SMILES string of the molecule is C[C@H](NC(=O)[C@H](Cc1ccc(O)cc1)NC(=O)[C@@H](N)Cc1ccc(O)cc1)C(=O)N[C@@H](CO)C(=O)N[C@@H](CCCN=C(N)N)C(=O)N[C@@H](CO)C(=O)N[C@@H](CCC(N)=O)C(=O)NCC(=O)NCC(=O)NCC(=O)N[C@@H](CO)C(=O)N[C@@H](Cc1ccc(O)cc1)C(=O)NCC(=O)O. The Labute approximate surface area is 547 Å². The lowest BCUT2D eigenvalue weighted by atomic mass is 10.0. The molecule has 0 unspecified atom stereocenters. The van der Waals surface area contributed by atoms with Gasteiger partial charge in [0.15, 0.2) is 5.96 Å². The number of nitrogens with two attached hydrogens (primary N) is 4. The summed E-state index contributed by atoms with van der Waals surface area (Å²) in [7, 11) is 0. The molecule has 0 bridgehead atoms. The molecule has 0 aromatic heterocycles. The maximum absolute atomic E-state index is 13.8. The van der Waals surface area contributed by atoms with Crippen molar-refractivity contribution in [1.82, 2.24) is 63.8 Å². The van der Waals surface area contributed by atoms with Gasteiger partial charge in [0.25, 0.3) is 0 Å². The number of amides is 13. The van der Waals surface area contributed by atoms with Crippen LogP contribution in [-0.4, -0.2) is 231 Å². The molecule has 13 amide bonds. The van der Waals surface area contributed by atoms with Crippen molar-refractivity contribution in [2.45, 2.75) is 106 Å². The van der Waals surface area contributed by atoms with E-state index in [0.29, 0.717) is 16.7 Å². The third-order valence-corrected chi connectivity index (χ3v) is 13.6. The zero-order valence-corrected chi connectivity index (χ0v) is 51.8. The third-order valence-electron chi connectivity index (χ3n) is 13.6. The molecule has 0 saturated carbocycles. The highest BCUT2D eigenvalue weighted by Gasteiger charge is 2.34. The second kappa shape index (κ2) is 40.7. The molecule has 0 spiro atoms. The number of nitrogens with one attached hydrogen (secondary N) is 12. The summed E-state index contributed by atoms with van der Waals surface area (Å²) in [6, 6.07) is 2.71. The summed E-state index contributed by atoms with van der Waals surface area (Å²) in [6.45, 7) is -5.49.